The Morgan fingerprint density at radius 3 is 1.96 bits per heavy atom. The van der Waals surface area contributed by atoms with Gasteiger partial charge < -0.3 is 23.7 Å². The lowest BCUT2D eigenvalue weighted by Gasteiger charge is -2.17. The number of anilines is 1. The Morgan fingerprint density at radius 1 is 0.821 bits per heavy atom. The molecule has 0 bridgehead atoms. The number of nitrogens with one attached hydrogen (secondary N) is 1. The van der Waals surface area contributed by atoms with Crippen LogP contribution in [0.1, 0.15) is 10.4 Å². The quantitative estimate of drug-likeness (QED) is 0.659. The fourth-order valence-electron chi connectivity index (χ4n) is 2.44. The molecular formula is C18H21NO8S. The number of ether oxygens (including phenoxy) is 5. The summed E-state index contributed by atoms with van der Waals surface area (Å²) in [5, 5.41) is 0. The van der Waals surface area contributed by atoms with E-state index in [0.29, 0.717) is 5.75 Å². The van der Waals surface area contributed by atoms with E-state index in [2.05, 4.69) is 4.72 Å². The van der Waals surface area contributed by atoms with Crippen LogP contribution in [0.25, 0.3) is 0 Å². The van der Waals surface area contributed by atoms with Crippen LogP contribution in [0.4, 0.5) is 5.69 Å². The predicted octanol–water partition coefficient (Wildman–Crippen LogP) is 2.31. The van der Waals surface area contributed by atoms with Gasteiger partial charge in [0, 0.05) is 18.2 Å². The zero-order chi connectivity index (χ0) is 20.9. The number of carbonyl (C=O) groups is 1. The Labute approximate surface area is 163 Å². The molecule has 2 aromatic rings. The van der Waals surface area contributed by atoms with Crippen molar-refractivity contribution in [2.75, 3.05) is 40.3 Å². The summed E-state index contributed by atoms with van der Waals surface area (Å²) in [6, 6.07) is 6.98. The largest absolute Gasteiger partial charge is 0.497 e. The molecule has 152 valence electrons. The molecule has 0 atom stereocenters. The molecule has 2 rings (SSSR count). The van der Waals surface area contributed by atoms with E-state index in [1.54, 1.807) is 6.07 Å². The van der Waals surface area contributed by atoms with Gasteiger partial charge in [0.15, 0.2) is 11.5 Å². The van der Waals surface area contributed by atoms with Crippen LogP contribution < -0.4 is 23.7 Å². The average Bonchev–Trinajstić information content (AvgIpc) is 2.71. The summed E-state index contributed by atoms with van der Waals surface area (Å²) >= 11 is 0. The Hall–Kier alpha value is -3.14. The van der Waals surface area contributed by atoms with E-state index < -0.39 is 16.0 Å². The van der Waals surface area contributed by atoms with E-state index in [9.17, 15) is 13.2 Å². The van der Waals surface area contributed by atoms with Gasteiger partial charge in [0.1, 0.15) is 16.4 Å². The Morgan fingerprint density at radius 2 is 1.43 bits per heavy atom. The molecule has 0 saturated carbocycles. The zero-order valence-corrected chi connectivity index (χ0v) is 16.9. The number of hydrogen-bond donors (Lipinski definition) is 1. The van der Waals surface area contributed by atoms with E-state index in [-0.39, 0.29) is 33.4 Å². The van der Waals surface area contributed by atoms with Gasteiger partial charge in [-0.2, -0.15) is 0 Å². The van der Waals surface area contributed by atoms with Crippen molar-refractivity contribution in [3.05, 3.63) is 35.9 Å². The van der Waals surface area contributed by atoms with E-state index in [0.717, 1.165) is 0 Å². The van der Waals surface area contributed by atoms with Crippen molar-refractivity contribution in [1.82, 2.24) is 0 Å². The SMILES string of the molecule is COC(=O)c1cc(OC)c(OC)cc1NS(=O)(=O)c1cc(OC)ccc1OC. The molecule has 0 aliphatic rings. The summed E-state index contributed by atoms with van der Waals surface area (Å²) in [4.78, 5) is 12.0. The summed E-state index contributed by atoms with van der Waals surface area (Å²) in [6.45, 7) is 0. The lowest BCUT2D eigenvalue weighted by molar-refractivity contribution is 0.0601. The Kier molecular flexibility index (Phi) is 6.57. The predicted molar refractivity (Wildman–Crippen MR) is 101 cm³/mol. The van der Waals surface area contributed by atoms with E-state index in [1.165, 1.54) is 59.8 Å². The minimum Gasteiger partial charge on any atom is -0.497 e. The molecule has 2 aromatic carbocycles. The molecule has 28 heavy (non-hydrogen) atoms. The van der Waals surface area contributed by atoms with Gasteiger partial charge in [-0.05, 0) is 12.1 Å². The zero-order valence-electron chi connectivity index (χ0n) is 16.1. The highest BCUT2D eigenvalue weighted by Gasteiger charge is 2.25. The van der Waals surface area contributed by atoms with Crippen LogP contribution in [0.3, 0.4) is 0 Å². The van der Waals surface area contributed by atoms with Crippen LogP contribution >= 0.6 is 0 Å². The smallest absolute Gasteiger partial charge is 0.340 e. The number of rotatable bonds is 8. The number of esters is 1. The second-order valence-electron chi connectivity index (χ2n) is 5.37. The standard InChI is InChI=1S/C18H21NO8S/c1-23-11-6-7-14(24-2)17(8-11)28(21,22)19-13-10-16(26-4)15(25-3)9-12(13)18(20)27-5/h6-10,19H,1-5H3. The lowest BCUT2D eigenvalue weighted by Crippen LogP contribution is -2.17. The van der Waals surface area contributed by atoms with Crippen molar-refractivity contribution in [2.24, 2.45) is 0 Å². The van der Waals surface area contributed by atoms with Gasteiger partial charge in [0.05, 0.1) is 46.8 Å². The number of methoxy groups -OCH3 is 5. The highest BCUT2D eigenvalue weighted by Crippen LogP contribution is 2.36. The fourth-order valence-corrected chi connectivity index (χ4v) is 3.69. The third kappa shape index (κ3) is 4.22. The maximum Gasteiger partial charge on any atom is 0.340 e. The van der Waals surface area contributed by atoms with Crippen molar-refractivity contribution in [3.8, 4) is 23.0 Å². The molecule has 0 fully saturated rings. The maximum absolute atomic E-state index is 13.0. The summed E-state index contributed by atoms with van der Waals surface area (Å²) in [6.07, 6.45) is 0. The Balaban J connectivity index is 2.61. The van der Waals surface area contributed by atoms with Crippen molar-refractivity contribution >= 4 is 21.7 Å². The van der Waals surface area contributed by atoms with Crippen LogP contribution in [0, 0.1) is 0 Å². The van der Waals surface area contributed by atoms with Gasteiger partial charge in [-0.25, -0.2) is 13.2 Å². The Bertz CT molecular complexity index is 972. The van der Waals surface area contributed by atoms with Crippen molar-refractivity contribution in [3.63, 3.8) is 0 Å². The molecule has 9 nitrogen and oxygen atoms in total. The molecule has 0 heterocycles. The molecule has 0 amide bonds. The number of carbonyl (C=O) groups excluding carboxylic acids is 1. The normalized spacial score (nSPS) is 10.8. The molecular weight excluding hydrogens is 390 g/mol. The van der Waals surface area contributed by atoms with Crippen LogP contribution in [0.2, 0.25) is 0 Å². The molecule has 0 radical (unpaired) electrons. The molecule has 10 heteroatoms. The molecule has 0 aliphatic carbocycles. The molecule has 0 unspecified atom stereocenters. The summed E-state index contributed by atoms with van der Waals surface area (Å²) < 4.78 is 53.7. The fraction of sp³-hybridized carbons (Fsp3) is 0.278. The van der Waals surface area contributed by atoms with E-state index in [1.807, 2.05) is 0 Å². The second kappa shape index (κ2) is 8.70. The third-order valence-corrected chi connectivity index (χ3v) is 5.22. The minimum absolute atomic E-state index is 0.0469. The lowest BCUT2D eigenvalue weighted by atomic mass is 10.1. The van der Waals surface area contributed by atoms with Crippen molar-refractivity contribution in [1.29, 1.82) is 0 Å². The van der Waals surface area contributed by atoms with Crippen molar-refractivity contribution < 1.29 is 36.9 Å². The summed E-state index contributed by atoms with van der Waals surface area (Å²) in [7, 11) is 2.56. The molecule has 0 saturated heterocycles. The maximum atomic E-state index is 13.0. The first-order chi connectivity index (χ1) is 13.3. The van der Waals surface area contributed by atoms with Crippen LogP contribution in [0.5, 0.6) is 23.0 Å². The highest BCUT2D eigenvalue weighted by atomic mass is 32.2. The first-order valence-electron chi connectivity index (χ1n) is 7.90. The number of benzene rings is 2. The molecule has 1 N–H and O–H groups in total. The van der Waals surface area contributed by atoms with Crippen LogP contribution in [-0.2, 0) is 14.8 Å². The van der Waals surface area contributed by atoms with Crippen LogP contribution in [-0.4, -0.2) is 49.9 Å². The van der Waals surface area contributed by atoms with Gasteiger partial charge in [0.25, 0.3) is 10.0 Å². The van der Waals surface area contributed by atoms with Gasteiger partial charge in [0.2, 0.25) is 0 Å². The molecule has 0 aromatic heterocycles. The molecule has 0 aliphatic heterocycles. The van der Waals surface area contributed by atoms with Gasteiger partial charge in [-0.1, -0.05) is 0 Å². The number of hydrogen-bond acceptors (Lipinski definition) is 8. The first-order valence-corrected chi connectivity index (χ1v) is 9.38. The van der Waals surface area contributed by atoms with Gasteiger partial charge >= 0.3 is 5.97 Å². The highest BCUT2D eigenvalue weighted by molar-refractivity contribution is 7.92. The number of sulfonamides is 1. The monoisotopic (exact) mass is 411 g/mol. The summed E-state index contributed by atoms with van der Waals surface area (Å²) in [5.41, 5.74) is -0.0973. The topological polar surface area (TPSA) is 109 Å². The first kappa shape index (κ1) is 21.2. The third-order valence-electron chi connectivity index (χ3n) is 3.83. The van der Waals surface area contributed by atoms with Gasteiger partial charge in [-0.3, -0.25) is 4.72 Å². The second-order valence-corrected chi connectivity index (χ2v) is 7.02. The van der Waals surface area contributed by atoms with Crippen molar-refractivity contribution in [2.45, 2.75) is 4.90 Å². The van der Waals surface area contributed by atoms with E-state index in [4.69, 9.17) is 23.7 Å². The van der Waals surface area contributed by atoms with Gasteiger partial charge in [-0.15, -0.1) is 0 Å². The van der Waals surface area contributed by atoms with E-state index >= 15 is 0 Å². The van der Waals surface area contributed by atoms with Crippen LogP contribution in [0.15, 0.2) is 35.2 Å². The minimum atomic E-state index is -4.16. The molecule has 0 spiro atoms. The average molecular weight is 411 g/mol. The summed E-state index contributed by atoms with van der Waals surface area (Å²) in [5.74, 6) is 0.140.